The maximum absolute atomic E-state index is 13.1. The summed E-state index contributed by atoms with van der Waals surface area (Å²) < 4.78 is 5.62. The number of aliphatic hydroxyl groups is 1. The van der Waals surface area contributed by atoms with Gasteiger partial charge in [-0.25, -0.2) is 9.97 Å². The van der Waals surface area contributed by atoms with Crippen LogP contribution in [0.15, 0.2) is 12.3 Å². The summed E-state index contributed by atoms with van der Waals surface area (Å²) in [5, 5.41) is 10.3. The van der Waals surface area contributed by atoms with Crippen molar-refractivity contribution >= 4 is 11.9 Å². The quantitative estimate of drug-likeness (QED) is 0.882. The Hall–Kier alpha value is -1.73. The molecule has 1 N–H and O–H groups in total. The van der Waals surface area contributed by atoms with Crippen molar-refractivity contribution in [2.75, 3.05) is 37.7 Å². The number of morpholine rings is 1. The predicted octanol–water partition coefficient (Wildman–Crippen LogP) is 1.08. The highest BCUT2D eigenvalue weighted by atomic mass is 16.5. The van der Waals surface area contributed by atoms with E-state index in [1.54, 1.807) is 12.3 Å². The molecule has 3 fully saturated rings. The third-order valence-electron chi connectivity index (χ3n) is 5.70. The summed E-state index contributed by atoms with van der Waals surface area (Å²) in [4.78, 5) is 26.0. The van der Waals surface area contributed by atoms with Gasteiger partial charge in [-0.05, 0) is 31.7 Å². The first-order valence-corrected chi connectivity index (χ1v) is 9.39. The Kier molecular flexibility index (Phi) is 4.85. The van der Waals surface area contributed by atoms with Crippen molar-refractivity contribution in [1.82, 2.24) is 14.9 Å². The van der Waals surface area contributed by atoms with Gasteiger partial charge in [0.15, 0.2) is 0 Å². The van der Waals surface area contributed by atoms with Crippen molar-refractivity contribution < 1.29 is 14.6 Å². The van der Waals surface area contributed by atoms with E-state index in [-0.39, 0.29) is 24.0 Å². The van der Waals surface area contributed by atoms with Crippen LogP contribution in [0.3, 0.4) is 0 Å². The SMILES string of the molecule is O=C(c1ccnc(N2CCCC2)n1)N1CCOCC1C1CCCC1O. The zero-order chi connectivity index (χ0) is 17.2. The zero-order valence-electron chi connectivity index (χ0n) is 14.5. The number of nitrogens with zero attached hydrogens (tertiary/aromatic N) is 4. The van der Waals surface area contributed by atoms with Gasteiger partial charge in [0.05, 0.1) is 25.4 Å². The van der Waals surface area contributed by atoms with E-state index in [0.717, 1.165) is 45.2 Å². The van der Waals surface area contributed by atoms with Gasteiger partial charge in [0.2, 0.25) is 5.95 Å². The van der Waals surface area contributed by atoms with Crippen LogP contribution < -0.4 is 4.90 Å². The molecule has 2 saturated heterocycles. The van der Waals surface area contributed by atoms with E-state index in [2.05, 4.69) is 14.9 Å². The first-order chi connectivity index (χ1) is 12.2. The van der Waals surface area contributed by atoms with Gasteiger partial charge < -0.3 is 19.6 Å². The van der Waals surface area contributed by atoms with Crippen LogP contribution in [0.4, 0.5) is 5.95 Å². The van der Waals surface area contributed by atoms with E-state index in [1.807, 2.05) is 4.90 Å². The van der Waals surface area contributed by atoms with Crippen molar-refractivity contribution in [2.45, 2.75) is 44.2 Å². The van der Waals surface area contributed by atoms with Gasteiger partial charge in [-0.1, -0.05) is 6.42 Å². The zero-order valence-corrected chi connectivity index (χ0v) is 14.5. The number of anilines is 1. The molecule has 3 atom stereocenters. The van der Waals surface area contributed by atoms with E-state index in [4.69, 9.17) is 4.74 Å². The molecule has 1 aromatic rings. The Labute approximate surface area is 148 Å². The maximum atomic E-state index is 13.1. The molecule has 136 valence electrons. The predicted molar refractivity (Wildman–Crippen MR) is 92.5 cm³/mol. The fraction of sp³-hybridized carbons (Fsp3) is 0.722. The molecule has 7 nitrogen and oxygen atoms in total. The summed E-state index contributed by atoms with van der Waals surface area (Å²) in [6.07, 6.45) is 6.40. The summed E-state index contributed by atoms with van der Waals surface area (Å²) >= 11 is 0. The molecular formula is C18H26N4O3. The third-order valence-corrected chi connectivity index (χ3v) is 5.70. The van der Waals surface area contributed by atoms with Crippen molar-refractivity contribution in [1.29, 1.82) is 0 Å². The molecule has 0 radical (unpaired) electrons. The standard InChI is InChI=1S/C18H26N4O3/c23-16-5-3-4-13(16)15-12-25-11-10-22(15)17(24)14-6-7-19-18(20-14)21-8-1-2-9-21/h6-7,13,15-16,23H,1-5,8-12H2. The molecule has 25 heavy (non-hydrogen) atoms. The number of carbonyl (C=O) groups is 1. The minimum Gasteiger partial charge on any atom is -0.393 e. The molecule has 1 aliphatic carbocycles. The molecule has 1 saturated carbocycles. The molecule has 0 bridgehead atoms. The van der Waals surface area contributed by atoms with E-state index in [0.29, 0.717) is 31.4 Å². The minimum absolute atomic E-state index is 0.0658. The second-order valence-corrected chi connectivity index (χ2v) is 7.24. The molecule has 0 spiro atoms. The van der Waals surface area contributed by atoms with Crippen LogP contribution >= 0.6 is 0 Å². The van der Waals surface area contributed by atoms with Gasteiger partial charge >= 0.3 is 0 Å². The fourth-order valence-electron chi connectivity index (χ4n) is 4.33. The molecule has 4 rings (SSSR count). The number of hydrogen-bond acceptors (Lipinski definition) is 6. The molecule has 0 aromatic carbocycles. The van der Waals surface area contributed by atoms with Gasteiger partial charge in [-0.2, -0.15) is 0 Å². The number of hydrogen-bond donors (Lipinski definition) is 1. The van der Waals surface area contributed by atoms with Crippen LogP contribution in [-0.4, -0.2) is 70.9 Å². The first kappa shape index (κ1) is 16.7. The number of aromatic nitrogens is 2. The number of amides is 1. The van der Waals surface area contributed by atoms with Crippen molar-refractivity contribution in [3.8, 4) is 0 Å². The number of carbonyl (C=O) groups excluding carboxylic acids is 1. The lowest BCUT2D eigenvalue weighted by molar-refractivity contribution is -0.0385. The molecule has 3 aliphatic rings. The molecule has 3 heterocycles. The van der Waals surface area contributed by atoms with Crippen LogP contribution in [0.25, 0.3) is 0 Å². The van der Waals surface area contributed by atoms with E-state index in [9.17, 15) is 9.90 Å². The summed E-state index contributed by atoms with van der Waals surface area (Å²) in [5.74, 6) is 0.674. The van der Waals surface area contributed by atoms with Crippen LogP contribution in [-0.2, 0) is 4.74 Å². The smallest absolute Gasteiger partial charge is 0.273 e. The highest BCUT2D eigenvalue weighted by Gasteiger charge is 2.40. The number of aliphatic hydroxyl groups excluding tert-OH is 1. The van der Waals surface area contributed by atoms with Crippen molar-refractivity contribution in [2.24, 2.45) is 5.92 Å². The average molecular weight is 346 g/mol. The van der Waals surface area contributed by atoms with Gasteiger partial charge in [0.1, 0.15) is 5.69 Å². The molecule has 1 aromatic heterocycles. The Bertz CT molecular complexity index is 620. The van der Waals surface area contributed by atoms with Gasteiger partial charge in [-0.3, -0.25) is 4.79 Å². The first-order valence-electron chi connectivity index (χ1n) is 9.39. The molecule has 7 heteroatoms. The van der Waals surface area contributed by atoms with E-state index >= 15 is 0 Å². The maximum Gasteiger partial charge on any atom is 0.273 e. The minimum atomic E-state index is -0.340. The Balaban J connectivity index is 1.54. The second kappa shape index (κ2) is 7.25. The summed E-state index contributed by atoms with van der Waals surface area (Å²) in [7, 11) is 0. The number of ether oxygens (including phenoxy) is 1. The average Bonchev–Trinajstić information content (AvgIpc) is 3.33. The lowest BCUT2D eigenvalue weighted by atomic mass is 9.94. The van der Waals surface area contributed by atoms with Crippen LogP contribution in [0.1, 0.15) is 42.6 Å². The normalized spacial score (nSPS) is 30.0. The fourth-order valence-corrected chi connectivity index (χ4v) is 4.33. The van der Waals surface area contributed by atoms with Gasteiger partial charge in [-0.15, -0.1) is 0 Å². The monoisotopic (exact) mass is 346 g/mol. The van der Waals surface area contributed by atoms with Gasteiger partial charge in [0.25, 0.3) is 5.91 Å². The molecule has 1 amide bonds. The molecular weight excluding hydrogens is 320 g/mol. The Morgan fingerprint density at radius 3 is 2.80 bits per heavy atom. The Morgan fingerprint density at radius 1 is 1.20 bits per heavy atom. The van der Waals surface area contributed by atoms with Crippen LogP contribution in [0, 0.1) is 5.92 Å². The summed E-state index contributed by atoms with van der Waals surface area (Å²) in [5.41, 5.74) is 0.441. The summed E-state index contributed by atoms with van der Waals surface area (Å²) in [6.45, 7) is 3.49. The van der Waals surface area contributed by atoms with Crippen LogP contribution in [0.5, 0.6) is 0 Å². The lowest BCUT2D eigenvalue weighted by Crippen LogP contribution is -2.53. The van der Waals surface area contributed by atoms with Crippen molar-refractivity contribution in [3.05, 3.63) is 18.0 Å². The van der Waals surface area contributed by atoms with Gasteiger partial charge in [0, 0.05) is 31.7 Å². The lowest BCUT2D eigenvalue weighted by Gasteiger charge is -2.39. The van der Waals surface area contributed by atoms with E-state index < -0.39 is 0 Å². The largest absolute Gasteiger partial charge is 0.393 e. The third kappa shape index (κ3) is 3.35. The molecule has 2 aliphatic heterocycles. The Morgan fingerprint density at radius 2 is 2.04 bits per heavy atom. The van der Waals surface area contributed by atoms with Crippen LogP contribution in [0.2, 0.25) is 0 Å². The summed E-state index contributed by atoms with van der Waals surface area (Å²) in [6, 6.07) is 1.63. The van der Waals surface area contributed by atoms with Crippen molar-refractivity contribution in [3.63, 3.8) is 0 Å². The number of rotatable bonds is 3. The highest BCUT2D eigenvalue weighted by Crippen LogP contribution is 2.32. The highest BCUT2D eigenvalue weighted by molar-refractivity contribution is 5.92. The topological polar surface area (TPSA) is 78.8 Å². The second-order valence-electron chi connectivity index (χ2n) is 7.24. The molecule has 3 unspecified atom stereocenters. The van der Waals surface area contributed by atoms with E-state index in [1.165, 1.54) is 0 Å².